The topological polar surface area (TPSA) is 62.7 Å². The normalized spacial score (nSPS) is 11.8. The van der Waals surface area contributed by atoms with E-state index in [4.69, 9.17) is 4.74 Å². The highest BCUT2D eigenvalue weighted by molar-refractivity contribution is 9.10. The van der Waals surface area contributed by atoms with Gasteiger partial charge in [-0.05, 0) is 61.4 Å². The summed E-state index contributed by atoms with van der Waals surface area (Å²) in [5, 5.41) is 7.27. The second-order valence-corrected chi connectivity index (χ2v) is 7.84. The fourth-order valence-electron chi connectivity index (χ4n) is 2.82. The summed E-state index contributed by atoms with van der Waals surface area (Å²) in [5.74, 6) is 0.474. The lowest BCUT2D eigenvalue weighted by Gasteiger charge is -2.14. The number of hydrogen-bond acceptors (Lipinski definition) is 4. The number of benzene rings is 3. The van der Waals surface area contributed by atoms with Crippen molar-refractivity contribution in [3.05, 3.63) is 94.0 Å². The number of rotatable bonds is 8. The number of para-hydroxylation sites is 1. The minimum Gasteiger partial charge on any atom is -0.488 e. The fraction of sp³-hybridized carbons (Fsp3) is 0.167. The Kier molecular flexibility index (Phi) is 7.63. The van der Waals surface area contributed by atoms with Gasteiger partial charge in [0.15, 0.2) is 0 Å². The molecule has 2 N–H and O–H groups in total. The molecule has 3 aromatic rings. The minimum atomic E-state index is -0.424. The third-order valence-corrected chi connectivity index (χ3v) is 4.87. The molecule has 0 aliphatic carbocycles. The zero-order chi connectivity index (χ0) is 21.3. The largest absolute Gasteiger partial charge is 0.488 e. The number of carbonyl (C=O) groups excluding carboxylic acids is 1. The molecule has 0 fully saturated rings. The summed E-state index contributed by atoms with van der Waals surface area (Å²) in [6, 6.07) is 23.0. The number of amides is 1. The second-order valence-electron chi connectivity index (χ2n) is 6.93. The maximum atomic E-state index is 12.3. The monoisotopic (exact) mass is 465 g/mol. The first-order chi connectivity index (χ1) is 14.5. The van der Waals surface area contributed by atoms with Crippen molar-refractivity contribution >= 4 is 33.7 Å². The van der Waals surface area contributed by atoms with Crippen LogP contribution in [0.2, 0.25) is 0 Å². The Balaban J connectivity index is 1.57. The molecule has 0 spiro atoms. The smallest absolute Gasteiger partial charge is 0.262 e. The van der Waals surface area contributed by atoms with Crippen LogP contribution in [0.5, 0.6) is 5.75 Å². The van der Waals surface area contributed by atoms with E-state index in [1.807, 2.05) is 79.7 Å². The van der Waals surface area contributed by atoms with Crippen LogP contribution >= 0.6 is 15.9 Å². The van der Waals surface area contributed by atoms with Crippen LogP contribution < -0.4 is 15.5 Å². The summed E-state index contributed by atoms with van der Waals surface area (Å²) in [4.78, 5) is 12.3. The summed E-state index contributed by atoms with van der Waals surface area (Å²) in [5.41, 5.74) is 6.45. The van der Waals surface area contributed by atoms with Gasteiger partial charge in [-0.15, -0.1) is 0 Å². The van der Waals surface area contributed by atoms with E-state index in [9.17, 15) is 4.79 Å². The molecule has 0 saturated carbocycles. The van der Waals surface area contributed by atoms with E-state index in [-0.39, 0.29) is 5.91 Å². The van der Waals surface area contributed by atoms with Crippen molar-refractivity contribution in [2.24, 2.45) is 5.10 Å². The molecule has 0 aliphatic rings. The van der Waals surface area contributed by atoms with Gasteiger partial charge in [-0.1, -0.05) is 52.3 Å². The summed E-state index contributed by atoms with van der Waals surface area (Å²) in [7, 11) is 0. The van der Waals surface area contributed by atoms with Crippen molar-refractivity contribution in [3.63, 3.8) is 0 Å². The average Bonchev–Trinajstić information content (AvgIpc) is 2.73. The summed E-state index contributed by atoms with van der Waals surface area (Å²) in [6.07, 6.45) is 1.59. The van der Waals surface area contributed by atoms with Gasteiger partial charge < -0.3 is 10.1 Å². The van der Waals surface area contributed by atoms with E-state index in [1.165, 1.54) is 0 Å². The van der Waals surface area contributed by atoms with Crippen molar-refractivity contribution in [2.75, 3.05) is 5.32 Å². The average molecular weight is 466 g/mol. The van der Waals surface area contributed by atoms with Gasteiger partial charge in [0.05, 0.1) is 6.21 Å². The molecule has 1 atom stereocenters. The Morgan fingerprint density at radius 3 is 2.70 bits per heavy atom. The highest BCUT2D eigenvalue weighted by Gasteiger charge is 2.11. The van der Waals surface area contributed by atoms with Gasteiger partial charge >= 0.3 is 0 Å². The van der Waals surface area contributed by atoms with E-state index in [0.29, 0.717) is 12.4 Å². The zero-order valence-corrected chi connectivity index (χ0v) is 18.5. The summed E-state index contributed by atoms with van der Waals surface area (Å²) >= 11 is 3.46. The fourth-order valence-corrected chi connectivity index (χ4v) is 3.27. The molecule has 0 bridgehead atoms. The molecule has 30 heavy (non-hydrogen) atoms. The molecule has 154 valence electrons. The first-order valence-corrected chi connectivity index (χ1v) is 10.4. The first-order valence-electron chi connectivity index (χ1n) is 9.63. The van der Waals surface area contributed by atoms with Crippen LogP contribution in [-0.4, -0.2) is 18.2 Å². The third-order valence-electron chi connectivity index (χ3n) is 4.38. The molecular formula is C24H24BrN3O2. The van der Waals surface area contributed by atoms with E-state index in [1.54, 1.807) is 13.1 Å². The number of nitrogens with one attached hydrogen (secondary N) is 2. The lowest BCUT2D eigenvalue weighted by Crippen LogP contribution is -2.34. The number of aryl methyl sites for hydroxylation is 1. The van der Waals surface area contributed by atoms with E-state index >= 15 is 0 Å². The SMILES string of the molecule is Cc1cccc(NC(C)C(=O)NN=Cc2ccccc2OCc2cccc(Br)c2)c1. The molecule has 0 heterocycles. The highest BCUT2D eigenvalue weighted by Crippen LogP contribution is 2.19. The number of carbonyl (C=O) groups is 1. The number of hydrazone groups is 1. The van der Waals surface area contributed by atoms with Crippen LogP contribution in [0.1, 0.15) is 23.6 Å². The zero-order valence-electron chi connectivity index (χ0n) is 16.9. The Morgan fingerprint density at radius 1 is 1.10 bits per heavy atom. The highest BCUT2D eigenvalue weighted by atomic mass is 79.9. The van der Waals surface area contributed by atoms with Gasteiger partial charge in [0, 0.05) is 15.7 Å². The third kappa shape index (κ3) is 6.46. The summed E-state index contributed by atoms with van der Waals surface area (Å²) < 4.78 is 6.95. The molecule has 5 nitrogen and oxygen atoms in total. The predicted molar refractivity (Wildman–Crippen MR) is 125 cm³/mol. The molecule has 6 heteroatoms. The predicted octanol–water partition coefficient (Wildman–Crippen LogP) is 5.29. The molecule has 0 aliphatic heterocycles. The van der Waals surface area contributed by atoms with Gasteiger partial charge in [0.1, 0.15) is 18.4 Å². The lowest BCUT2D eigenvalue weighted by molar-refractivity contribution is -0.121. The van der Waals surface area contributed by atoms with Crippen LogP contribution in [0.3, 0.4) is 0 Å². The first kappa shape index (κ1) is 21.6. The number of ether oxygens (including phenoxy) is 1. The van der Waals surface area contributed by atoms with E-state index < -0.39 is 6.04 Å². The second kappa shape index (κ2) is 10.6. The van der Waals surface area contributed by atoms with Crippen molar-refractivity contribution in [3.8, 4) is 5.75 Å². The molecule has 0 saturated heterocycles. The van der Waals surface area contributed by atoms with Crippen molar-refractivity contribution in [2.45, 2.75) is 26.5 Å². The molecule has 0 radical (unpaired) electrons. The van der Waals surface area contributed by atoms with Crippen LogP contribution in [0, 0.1) is 6.92 Å². The lowest BCUT2D eigenvalue weighted by atomic mass is 10.2. The van der Waals surface area contributed by atoms with Crippen LogP contribution in [0.15, 0.2) is 82.4 Å². The number of hydrogen-bond donors (Lipinski definition) is 2. The standard InChI is InChI=1S/C24H24BrN3O2/c1-17-7-5-11-22(13-17)27-18(2)24(29)28-26-15-20-9-3-4-12-23(20)30-16-19-8-6-10-21(25)14-19/h3-15,18,27H,16H2,1-2H3,(H,28,29). The minimum absolute atomic E-state index is 0.222. The van der Waals surface area contributed by atoms with E-state index in [0.717, 1.165) is 26.9 Å². The molecule has 0 aromatic heterocycles. The number of anilines is 1. The number of nitrogens with zero attached hydrogens (tertiary/aromatic N) is 1. The van der Waals surface area contributed by atoms with Crippen molar-refractivity contribution in [1.29, 1.82) is 0 Å². The molecular weight excluding hydrogens is 442 g/mol. The maximum absolute atomic E-state index is 12.3. The van der Waals surface area contributed by atoms with Crippen LogP contribution in [-0.2, 0) is 11.4 Å². The van der Waals surface area contributed by atoms with E-state index in [2.05, 4.69) is 31.8 Å². The Hall–Kier alpha value is -3.12. The molecule has 1 amide bonds. The van der Waals surface area contributed by atoms with Gasteiger partial charge in [0.2, 0.25) is 0 Å². The van der Waals surface area contributed by atoms with Gasteiger partial charge in [-0.25, -0.2) is 5.43 Å². The van der Waals surface area contributed by atoms with Crippen molar-refractivity contribution < 1.29 is 9.53 Å². The molecule has 3 aromatic carbocycles. The van der Waals surface area contributed by atoms with Gasteiger partial charge in [-0.3, -0.25) is 4.79 Å². The summed E-state index contributed by atoms with van der Waals surface area (Å²) in [6.45, 7) is 4.24. The van der Waals surface area contributed by atoms with Gasteiger partial charge in [-0.2, -0.15) is 5.10 Å². The Morgan fingerprint density at radius 2 is 1.90 bits per heavy atom. The quantitative estimate of drug-likeness (QED) is 0.351. The Labute approximate surface area is 185 Å². The number of halogens is 1. The van der Waals surface area contributed by atoms with Gasteiger partial charge in [0.25, 0.3) is 5.91 Å². The molecule has 1 unspecified atom stereocenters. The van der Waals surface area contributed by atoms with Crippen molar-refractivity contribution in [1.82, 2.24) is 5.43 Å². The molecule has 3 rings (SSSR count). The Bertz CT molecular complexity index is 1040. The van der Waals surface area contributed by atoms with Crippen LogP contribution in [0.4, 0.5) is 5.69 Å². The van der Waals surface area contributed by atoms with Crippen LogP contribution in [0.25, 0.3) is 0 Å². The maximum Gasteiger partial charge on any atom is 0.262 e.